The molecule has 0 aliphatic carbocycles. The number of amides is 1. The number of carbonyl (C=O) groups excluding carboxylic acids is 1. The number of pyridine rings is 1. The smallest absolute Gasteiger partial charge is 0.253 e. The zero-order chi connectivity index (χ0) is 17.6. The van der Waals surface area contributed by atoms with E-state index in [-0.39, 0.29) is 11.7 Å². The molecule has 0 spiro atoms. The van der Waals surface area contributed by atoms with Gasteiger partial charge in [-0.3, -0.25) is 9.78 Å². The molecule has 1 heterocycles. The SMILES string of the molecule is Cc1cccc(CNC(=O)c2cncc(Nc3ccccc3F)c2)c1. The van der Waals surface area contributed by atoms with Gasteiger partial charge in [0.05, 0.1) is 23.1 Å². The lowest BCUT2D eigenvalue weighted by molar-refractivity contribution is 0.0950. The Balaban J connectivity index is 1.68. The van der Waals surface area contributed by atoms with Crippen molar-refractivity contribution < 1.29 is 9.18 Å². The highest BCUT2D eigenvalue weighted by Gasteiger charge is 2.08. The fourth-order valence-corrected chi connectivity index (χ4v) is 2.46. The van der Waals surface area contributed by atoms with E-state index in [1.165, 1.54) is 12.3 Å². The second kappa shape index (κ2) is 7.57. The van der Waals surface area contributed by atoms with Gasteiger partial charge in [0.25, 0.3) is 5.91 Å². The molecule has 0 saturated carbocycles. The topological polar surface area (TPSA) is 54.0 Å². The lowest BCUT2D eigenvalue weighted by Crippen LogP contribution is -2.23. The van der Waals surface area contributed by atoms with Crippen molar-refractivity contribution in [2.24, 2.45) is 0 Å². The monoisotopic (exact) mass is 335 g/mol. The Labute approximate surface area is 145 Å². The molecule has 0 aliphatic heterocycles. The van der Waals surface area contributed by atoms with Crippen molar-refractivity contribution in [3.05, 3.63) is 89.5 Å². The molecule has 0 fully saturated rings. The Morgan fingerprint density at radius 3 is 2.72 bits per heavy atom. The van der Waals surface area contributed by atoms with Crippen LogP contribution >= 0.6 is 0 Å². The van der Waals surface area contributed by atoms with Crippen LogP contribution in [-0.4, -0.2) is 10.9 Å². The van der Waals surface area contributed by atoms with Crippen molar-refractivity contribution >= 4 is 17.3 Å². The van der Waals surface area contributed by atoms with E-state index < -0.39 is 0 Å². The normalized spacial score (nSPS) is 10.3. The van der Waals surface area contributed by atoms with Crippen molar-refractivity contribution in [2.75, 3.05) is 5.32 Å². The van der Waals surface area contributed by atoms with Gasteiger partial charge in [0.15, 0.2) is 0 Å². The van der Waals surface area contributed by atoms with E-state index >= 15 is 0 Å². The summed E-state index contributed by atoms with van der Waals surface area (Å²) < 4.78 is 13.7. The van der Waals surface area contributed by atoms with E-state index in [1.54, 1.807) is 30.5 Å². The summed E-state index contributed by atoms with van der Waals surface area (Å²) in [7, 11) is 0. The number of nitrogens with one attached hydrogen (secondary N) is 2. The standard InChI is InChI=1S/C20H18FN3O/c1-14-5-4-6-15(9-14)11-23-20(25)16-10-17(13-22-12-16)24-19-8-3-2-7-18(19)21/h2-10,12-13,24H,11H2,1H3,(H,23,25). The van der Waals surface area contributed by atoms with Gasteiger partial charge in [0.1, 0.15) is 5.82 Å². The van der Waals surface area contributed by atoms with Crippen LogP contribution in [0.5, 0.6) is 0 Å². The third kappa shape index (κ3) is 4.41. The fraction of sp³-hybridized carbons (Fsp3) is 0.100. The van der Waals surface area contributed by atoms with Crippen LogP contribution in [0.3, 0.4) is 0 Å². The van der Waals surface area contributed by atoms with Gasteiger partial charge in [-0.25, -0.2) is 4.39 Å². The Kier molecular flexibility index (Phi) is 5.04. The van der Waals surface area contributed by atoms with Crippen molar-refractivity contribution in [1.82, 2.24) is 10.3 Å². The Hall–Kier alpha value is -3.21. The molecule has 3 rings (SSSR count). The van der Waals surface area contributed by atoms with E-state index in [0.29, 0.717) is 23.5 Å². The number of rotatable bonds is 5. The first-order valence-electron chi connectivity index (χ1n) is 7.92. The second-order valence-corrected chi connectivity index (χ2v) is 5.74. The molecule has 0 saturated heterocycles. The number of anilines is 2. The highest BCUT2D eigenvalue weighted by Crippen LogP contribution is 2.19. The molecule has 1 aromatic heterocycles. The minimum atomic E-state index is -0.364. The molecule has 5 heteroatoms. The summed E-state index contributed by atoms with van der Waals surface area (Å²) in [5.41, 5.74) is 3.47. The lowest BCUT2D eigenvalue weighted by atomic mass is 10.1. The highest BCUT2D eigenvalue weighted by atomic mass is 19.1. The molecule has 0 aliphatic rings. The largest absolute Gasteiger partial charge is 0.352 e. The molecule has 2 N–H and O–H groups in total. The van der Waals surface area contributed by atoms with Crippen LogP contribution in [0.25, 0.3) is 0 Å². The van der Waals surface area contributed by atoms with Crippen LogP contribution in [0.15, 0.2) is 67.0 Å². The van der Waals surface area contributed by atoms with Crippen molar-refractivity contribution in [3.63, 3.8) is 0 Å². The summed E-state index contributed by atoms with van der Waals surface area (Å²) in [6.45, 7) is 2.44. The number of hydrogen-bond acceptors (Lipinski definition) is 3. The minimum Gasteiger partial charge on any atom is -0.352 e. The first-order chi connectivity index (χ1) is 12.1. The van der Waals surface area contributed by atoms with Gasteiger partial charge in [-0.05, 0) is 30.7 Å². The van der Waals surface area contributed by atoms with E-state index in [1.807, 2.05) is 31.2 Å². The third-order valence-electron chi connectivity index (χ3n) is 3.69. The summed E-state index contributed by atoms with van der Waals surface area (Å²) in [4.78, 5) is 16.4. The maximum absolute atomic E-state index is 13.7. The summed E-state index contributed by atoms with van der Waals surface area (Å²) in [6.07, 6.45) is 3.03. The number of nitrogens with zero attached hydrogens (tertiary/aromatic N) is 1. The molecule has 0 radical (unpaired) electrons. The zero-order valence-electron chi connectivity index (χ0n) is 13.8. The van der Waals surface area contributed by atoms with Gasteiger partial charge in [0.2, 0.25) is 0 Å². The first-order valence-corrected chi connectivity index (χ1v) is 7.92. The van der Waals surface area contributed by atoms with Crippen molar-refractivity contribution in [2.45, 2.75) is 13.5 Å². The van der Waals surface area contributed by atoms with Crippen LogP contribution < -0.4 is 10.6 Å². The van der Waals surface area contributed by atoms with Crippen molar-refractivity contribution in [1.29, 1.82) is 0 Å². The summed E-state index contributed by atoms with van der Waals surface area (Å²) in [5, 5.41) is 5.80. The molecular weight excluding hydrogens is 317 g/mol. The van der Waals surface area contributed by atoms with Crippen LogP contribution in [0, 0.1) is 12.7 Å². The van der Waals surface area contributed by atoms with E-state index in [2.05, 4.69) is 15.6 Å². The molecule has 4 nitrogen and oxygen atoms in total. The molecule has 126 valence electrons. The quantitative estimate of drug-likeness (QED) is 0.735. The molecule has 1 amide bonds. The maximum atomic E-state index is 13.7. The van der Waals surface area contributed by atoms with Crippen molar-refractivity contribution in [3.8, 4) is 0 Å². The average molecular weight is 335 g/mol. The first kappa shape index (κ1) is 16.6. The van der Waals surface area contributed by atoms with Gasteiger partial charge >= 0.3 is 0 Å². The molecular formula is C20H18FN3O. The average Bonchev–Trinajstić information content (AvgIpc) is 2.62. The van der Waals surface area contributed by atoms with Gasteiger partial charge in [-0.15, -0.1) is 0 Å². The summed E-state index contributed by atoms with van der Waals surface area (Å²) >= 11 is 0. The number of aromatic nitrogens is 1. The van der Waals surface area contributed by atoms with Crippen LogP contribution in [0.1, 0.15) is 21.5 Å². The van der Waals surface area contributed by atoms with E-state index in [0.717, 1.165) is 11.1 Å². The number of carbonyl (C=O) groups is 1. The maximum Gasteiger partial charge on any atom is 0.253 e. The van der Waals surface area contributed by atoms with Crippen LogP contribution in [0.4, 0.5) is 15.8 Å². The fourth-order valence-electron chi connectivity index (χ4n) is 2.46. The molecule has 25 heavy (non-hydrogen) atoms. The molecule has 0 bridgehead atoms. The highest BCUT2D eigenvalue weighted by molar-refractivity contribution is 5.94. The molecule has 3 aromatic rings. The minimum absolute atomic E-state index is 0.230. The van der Waals surface area contributed by atoms with Gasteiger partial charge in [-0.1, -0.05) is 42.0 Å². The lowest BCUT2D eigenvalue weighted by Gasteiger charge is -2.09. The predicted octanol–water partition coefficient (Wildman–Crippen LogP) is 4.20. The van der Waals surface area contributed by atoms with Gasteiger partial charge < -0.3 is 10.6 Å². The summed E-state index contributed by atoms with van der Waals surface area (Å²) in [6, 6.07) is 15.9. The Morgan fingerprint density at radius 2 is 1.92 bits per heavy atom. The third-order valence-corrected chi connectivity index (χ3v) is 3.69. The van der Waals surface area contributed by atoms with E-state index in [9.17, 15) is 9.18 Å². The number of para-hydroxylation sites is 1. The second-order valence-electron chi connectivity index (χ2n) is 5.74. The predicted molar refractivity (Wildman–Crippen MR) is 96.3 cm³/mol. The van der Waals surface area contributed by atoms with Gasteiger partial charge in [0, 0.05) is 12.7 Å². The van der Waals surface area contributed by atoms with Crippen LogP contribution in [-0.2, 0) is 6.54 Å². The number of hydrogen-bond donors (Lipinski definition) is 2. The number of aryl methyl sites for hydroxylation is 1. The Bertz CT molecular complexity index is 895. The zero-order valence-corrected chi connectivity index (χ0v) is 13.8. The Morgan fingerprint density at radius 1 is 1.08 bits per heavy atom. The molecule has 2 aromatic carbocycles. The number of benzene rings is 2. The molecule has 0 atom stereocenters. The van der Waals surface area contributed by atoms with Gasteiger partial charge in [-0.2, -0.15) is 0 Å². The molecule has 0 unspecified atom stereocenters. The summed E-state index contributed by atoms with van der Waals surface area (Å²) in [5.74, 6) is -0.594. The number of halogens is 1. The van der Waals surface area contributed by atoms with Crippen LogP contribution in [0.2, 0.25) is 0 Å². The van der Waals surface area contributed by atoms with E-state index in [4.69, 9.17) is 0 Å².